The van der Waals surface area contributed by atoms with Crippen molar-refractivity contribution >= 4 is 6.03 Å². The SMILES string of the molecule is CC1CN(CCC2CN(C)CCN2)C(=O)N1. The van der Waals surface area contributed by atoms with Gasteiger partial charge in [0.25, 0.3) is 0 Å². The predicted molar refractivity (Wildman–Crippen MR) is 63.5 cm³/mol. The van der Waals surface area contributed by atoms with Gasteiger partial charge in [-0.2, -0.15) is 0 Å². The van der Waals surface area contributed by atoms with Crippen LogP contribution in [0.4, 0.5) is 4.79 Å². The van der Waals surface area contributed by atoms with E-state index in [1.165, 1.54) is 0 Å². The Morgan fingerprint density at radius 3 is 2.88 bits per heavy atom. The monoisotopic (exact) mass is 226 g/mol. The maximum absolute atomic E-state index is 11.5. The Morgan fingerprint density at radius 2 is 2.25 bits per heavy atom. The summed E-state index contributed by atoms with van der Waals surface area (Å²) in [6.45, 7) is 7.03. The molecule has 2 fully saturated rings. The summed E-state index contributed by atoms with van der Waals surface area (Å²) in [6, 6.07) is 0.925. The summed E-state index contributed by atoms with van der Waals surface area (Å²) < 4.78 is 0. The third kappa shape index (κ3) is 2.86. The number of nitrogens with one attached hydrogen (secondary N) is 2. The van der Waals surface area contributed by atoms with Crippen molar-refractivity contribution in [3.8, 4) is 0 Å². The van der Waals surface area contributed by atoms with E-state index in [0.717, 1.165) is 39.1 Å². The number of amides is 2. The third-order valence-corrected chi connectivity index (χ3v) is 3.36. The standard InChI is InChI=1S/C11H22N4O/c1-9-7-15(11(16)13-9)5-3-10-8-14(2)6-4-12-10/h9-10,12H,3-8H2,1-2H3,(H,13,16). The lowest BCUT2D eigenvalue weighted by atomic mass is 10.1. The van der Waals surface area contributed by atoms with Crippen LogP contribution in [0, 0.1) is 0 Å². The first-order chi connectivity index (χ1) is 7.65. The zero-order valence-corrected chi connectivity index (χ0v) is 10.2. The number of nitrogens with zero attached hydrogens (tertiary/aromatic N) is 2. The van der Waals surface area contributed by atoms with E-state index in [1.807, 2.05) is 11.8 Å². The summed E-state index contributed by atoms with van der Waals surface area (Å²) >= 11 is 0. The van der Waals surface area contributed by atoms with Gasteiger partial charge in [-0.25, -0.2) is 4.79 Å². The second kappa shape index (κ2) is 5.01. The largest absolute Gasteiger partial charge is 0.334 e. The van der Waals surface area contributed by atoms with Crippen molar-refractivity contribution in [1.82, 2.24) is 20.4 Å². The fourth-order valence-corrected chi connectivity index (χ4v) is 2.45. The second-order valence-corrected chi connectivity index (χ2v) is 5.00. The Bertz CT molecular complexity index is 258. The highest BCUT2D eigenvalue weighted by molar-refractivity contribution is 5.76. The van der Waals surface area contributed by atoms with Gasteiger partial charge in [-0.3, -0.25) is 0 Å². The predicted octanol–water partition coefficient (Wildman–Crippen LogP) is -0.306. The zero-order chi connectivity index (χ0) is 11.5. The Morgan fingerprint density at radius 1 is 1.44 bits per heavy atom. The highest BCUT2D eigenvalue weighted by Crippen LogP contribution is 2.07. The van der Waals surface area contributed by atoms with E-state index in [2.05, 4.69) is 22.6 Å². The Kier molecular flexibility index (Phi) is 3.66. The van der Waals surface area contributed by atoms with Crippen LogP contribution in [0.3, 0.4) is 0 Å². The van der Waals surface area contributed by atoms with E-state index in [9.17, 15) is 4.79 Å². The van der Waals surface area contributed by atoms with E-state index in [0.29, 0.717) is 12.1 Å². The molecule has 0 aromatic carbocycles. The Balaban J connectivity index is 1.72. The molecule has 0 saturated carbocycles. The molecule has 0 aliphatic carbocycles. The van der Waals surface area contributed by atoms with Gasteiger partial charge in [-0.1, -0.05) is 0 Å². The number of rotatable bonds is 3. The van der Waals surface area contributed by atoms with Crippen molar-refractivity contribution in [2.24, 2.45) is 0 Å². The number of hydrogen-bond acceptors (Lipinski definition) is 3. The molecule has 2 saturated heterocycles. The van der Waals surface area contributed by atoms with Crippen LogP contribution in [0.5, 0.6) is 0 Å². The van der Waals surface area contributed by atoms with Crippen molar-refractivity contribution in [3.05, 3.63) is 0 Å². The van der Waals surface area contributed by atoms with Gasteiger partial charge >= 0.3 is 6.03 Å². The number of hydrogen-bond donors (Lipinski definition) is 2. The van der Waals surface area contributed by atoms with Gasteiger partial charge < -0.3 is 20.4 Å². The first kappa shape index (κ1) is 11.7. The normalized spacial score (nSPS) is 31.9. The lowest BCUT2D eigenvalue weighted by molar-refractivity contribution is 0.201. The molecule has 0 bridgehead atoms. The van der Waals surface area contributed by atoms with Crippen molar-refractivity contribution < 1.29 is 4.79 Å². The van der Waals surface area contributed by atoms with Gasteiger partial charge in [0.05, 0.1) is 0 Å². The van der Waals surface area contributed by atoms with Crippen molar-refractivity contribution in [1.29, 1.82) is 0 Å². The van der Waals surface area contributed by atoms with Crippen molar-refractivity contribution in [2.75, 3.05) is 39.8 Å². The quantitative estimate of drug-likeness (QED) is 0.694. The molecule has 2 atom stereocenters. The highest BCUT2D eigenvalue weighted by atomic mass is 16.2. The van der Waals surface area contributed by atoms with E-state index in [-0.39, 0.29) is 6.03 Å². The molecule has 5 heteroatoms. The molecule has 2 unspecified atom stereocenters. The van der Waals surface area contributed by atoms with Crippen LogP contribution in [-0.4, -0.2) is 67.7 Å². The summed E-state index contributed by atoms with van der Waals surface area (Å²) in [5.41, 5.74) is 0. The molecule has 2 N–H and O–H groups in total. The van der Waals surface area contributed by atoms with Crippen LogP contribution in [0.15, 0.2) is 0 Å². The van der Waals surface area contributed by atoms with Gasteiger partial charge in [-0.05, 0) is 20.4 Å². The van der Waals surface area contributed by atoms with Gasteiger partial charge in [0.1, 0.15) is 0 Å². The summed E-state index contributed by atoms with van der Waals surface area (Å²) in [6.07, 6.45) is 1.05. The number of likely N-dealkylation sites (N-methyl/N-ethyl adjacent to an activating group) is 1. The molecule has 2 heterocycles. The minimum absolute atomic E-state index is 0.0941. The molecule has 0 radical (unpaired) electrons. The molecule has 0 aromatic rings. The molecular weight excluding hydrogens is 204 g/mol. The Hall–Kier alpha value is -0.810. The van der Waals surface area contributed by atoms with Crippen LogP contribution in [0.25, 0.3) is 0 Å². The molecule has 2 aliphatic heterocycles. The average Bonchev–Trinajstić information content (AvgIpc) is 2.54. The summed E-state index contributed by atoms with van der Waals surface area (Å²) in [4.78, 5) is 15.8. The molecule has 0 aromatic heterocycles. The second-order valence-electron chi connectivity index (χ2n) is 5.00. The minimum atomic E-state index is 0.0941. The lowest BCUT2D eigenvalue weighted by Crippen LogP contribution is -2.50. The van der Waals surface area contributed by atoms with E-state index in [4.69, 9.17) is 0 Å². The summed E-state index contributed by atoms with van der Waals surface area (Å²) in [7, 11) is 2.15. The molecule has 0 spiro atoms. The van der Waals surface area contributed by atoms with Gasteiger partial charge in [0, 0.05) is 44.8 Å². The van der Waals surface area contributed by atoms with Crippen LogP contribution in [-0.2, 0) is 0 Å². The first-order valence-electron chi connectivity index (χ1n) is 6.12. The van der Waals surface area contributed by atoms with Gasteiger partial charge in [0.15, 0.2) is 0 Å². The highest BCUT2D eigenvalue weighted by Gasteiger charge is 2.26. The number of carbonyl (C=O) groups is 1. The van der Waals surface area contributed by atoms with E-state index < -0.39 is 0 Å². The first-order valence-corrected chi connectivity index (χ1v) is 6.12. The van der Waals surface area contributed by atoms with Crippen molar-refractivity contribution in [3.63, 3.8) is 0 Å². The van der Waals surface area contributed by atoms with Crippen LogP contribution in [0.2, 0.25) is 0 Å². The number of urea groups is 1. The Labute approximate surface area is 97.2 Å². The maximum Gasteiger partial charge on any atom is 0.317 e. The number of carbonyl (C=O) groups excluding carboxylic acids is 1. The molecule has 2 aliphatic rings. The third-order valence-electron chi connectivity index (χ3n) is 3.36. The fourth-order valence-electron chi connectivity index (χ4n) is 2.45. The fraction of sp³-hybridized carbons (Fsp3) is 0.909. The van der Waals surface area contributed by atoms with E-state index in [1.54, 1.807) is 0 Å². The summed E-state index contributed by atoms with van der Waals surface area (Å²) in [5.74, 6) is 0. The van der Waals surface area contributed by atoms with Gasteiger partial charge in [0.2, 0.25) is 0 Å². The average molecular weight is 226 g/mol. The van der Waals surface area contributed by atoms with E-state index >= 15 is 0 Å². The smallest absolute Gasteiger partial charge is 0.317 e. The van der Waals surface area contributed by atoms with Crippen LogP contribution >= 0.6 is 0 Å². The van der Waals surface area contributed by atoms with Crippen LogP contribution < -0.4 is 10.6 Å². The maximum atomic E-state index is 11.5. The lowest BCUT2D eigenvalue weighted by Gasteiger charge is -2.31. The summed E-state index contributed by atoms with van der Waals surface area (Å²) in [5, 5.41) is 6.42. The molecule has 2 amide bonds. The number of piperazine rings is 1. The molecule has 5 nitrogen and oxygen atoms in total. The zero-order valence-electron chi connectivity index (χ0n) is 10.2. The minimum Gasteiger partial charge on any atom is -0.334 e. The molecular formula is C11H22N4O. The molecule has 92 valence electrons. The topological polar surface area (TPSA) is 47.6 Å². The van der Waals surface area contributed by atoms with Crippen molar-refractivity contribution in [2.45, 2.75) is 25.4 Å². The van der Waals surface area contributed by atoms with Crippen LogP contribution in [0.1, 0.15) is 13.3 Å². The van der Waals surface area contributed by atoms with Gasteiger partial charge in [-0.15, -0.1) is 0 Å². The molecule has 2 rings (SSSR count). The molecule has 16 heavy (non-hydrogen) atoms.